The number of carbonyl (C=O) groups excluding carboxylic acids is 5. The van der Waals surface area contributed by atoms with E-state index in [1.165, 1.54) is 0 Å². The van der Waals surface area contributed by atoms with Crippen LogP contribution in [0.2, 0.25) is 0 Å². The Morgan fingerprint density at radius 1 is 1.16 bits per heavy atom. The van der Waals surface area contributed by atoms with E-state index >= 15 is 0 Å². The number of amides is 5. The Bertz CT molecular complexity index is 1170. The quantitative estimate of drug-likeness (QED) is 0.584. The maximum atomic E-state index is 13.3. The average molecular weight is 511 g/mol. The van der Waals surface area contributed by atoms with Crippen molar-refractivity contribution in [3.05, 3.63) is 29.3 Å². The van der Waals surface area contributed by atoms with Gasteiger partial charge in [0, 0.05) is 37.2 Å². The number of likely N-dealkylation sites (tertiary alicyclic amines) is 1. The van der Waals surface area contributed by atoms with Crippen LogP contribution in [0.3, 0.4) is 0 Å². The molecular formula is C27H34N4O6. The number of rotatable bonds is 5. The van der Waals surface area contributed by atoms with Crippen LogP contribution in [0.15, 0.2) is 18.2 Å². The lowest BCUT2D eigenvalue weighted by molar-refractivity contribution is -0.136. The van der Waals surface area contributed by atoms with E-state index in [0.29, 0.717) is 24.1 Å². The second kappa shape index (κ2) is 8.85. The second-order valence-corrected chi connectivity index (χ2v) is 12.0. The van der Waals surface area contributed by atoms with Crippen LogP contribution in [0.1, 0.15) is 74.1 Å². The summed E-state index contributed by atoms with van der Waals surface area (Å²) in [6.45, 7) is 9.87. The largest absolute Gasteiger partial charge is 0.444 e. The van der Waals surface area contributed by atoms with Gasteiger partial charge in [-0.1, -0.05) is 13.0 Å². The summed E-state index contributed by atoms with van der Waals surface area (Å²) in [4.78, 5) is 65.1. The van der Waals surface area contributed by atoms with E-state index in [1.54, 1.807) is 23.1 Å². The van der Waals surface area contributed by atoms with E-state index in [0.717, 1.165) is 30.8 Å². The van der Waals surface area contributed by atoms with Gasteiger partial charge in [-0.3, -0.25) is 29.4 Å². The van der Waals surface area contributed by atoms with Crippen molar-refractivity contribution in [1.82, 2.24) is 15.1 Å². The molecule has 1 spiro atoms. The SMILES string of the molecule is C[C@@H](CNc1cccc2c1C(=O)N(C1CCC(=O)NC1=O)C2=O)C1CC2(C1)CN(C(=O)OC(C)(C)C)C2. The highest BCUT2D eigenvalue weighted by atomic mass is 16.6. The lowest BCUT2D eigenvalue weighted by Crippen LogP contribution is -2.65. The molecule has 5 amide bonds. The molecule has 3 fully saturated rings. The van der Waals surface area contributed by atoms with Gasteiger partial charge in [-0.25, -0.2) is 4.79 Å². The summed E-state index contributed by atoms with van der Waals surface area (Å²) >= 11 is 0. The maximum absolute atomic E-state index is 13.3. The van der Waals surface area contributed by atoms with Crippen LogP contribution in [0.5, 0.6) is 0 Å². The topological polar surface area (TPSA) is 125 Å². The molecular weight excluding hydrogens is 476 g/mol. The third-order valence-corrected chi connectivity index (χ3v) is 7.98. The molecule has 10 heteroatoms. The van der Waals surface area contributed by atoms with E-state index in [2.05, 4.69) is 17.6 Å². The van der Waals surface area contributed by atoms with Crippen LogP contribution in [0, 0.1) is 17.3 Å². The number of carbonyl (C=O) groups is 5. The molecule has 1 aromatic rings. The fraction of sp³-hybridized carbons (Fsp3) is 0.593. The molecule has 0 aromatic heterocycles. The maximum Gasteiger partial charge on any atom is 0.410 e. The molecule has 2 N–H and O–H groups in total. The third-order valence-electron chi connectivity index (χ3n) is 7.98. The van der Waals surface area contributed by atoms with Gasteiger partial charge < -0.3 is 15.0 Å². The van der Waals surface area contributed by atoms with Gasteiger partial charge in [0.25, 0.3) is 11.8 Å². The number of benzene rings is 1. The van der Waals surface area contributed by atoms with Crippen molar-refractivity contribution >= 4 is 35.4 Å². The van der Waals surface area contributed by atoms with E-state index in [4.69, 9.17) is 4.74 Å². The number of nitrogens with one attached hydrogen (secondary N) is 2. The zero-order chi connectivity index (χ0) is 26.7. The number of ether oxygens (including phenoxy) is 1. The lowest BCUT2D eigenvalue weighted by atomic mass is 9.55. The van der Waals surface area contributed by atoms with Crippen LogP contribution in [0.4, 0.5) is 10.5 Å². The van der Waals surface area contributed by atoms with Gasteiger partial charge in [0.05, 0.1) is 11.1 Å². The first-order valence-electron chi connectivity index (χ1n) is 12.9. The molecule has 1 aromatic carbocycles. The Morgan fingerprint density at radius 2 is 1.86 bits per heavy atom. The van der Waals surface area contributed by atoms with Gasteiger partial charge in [-0.15, -0.1) is 0 Å². The number of hydrogen-bond donors (Lipinski definition) is 2. The van der Waals surface area contributed by atoms with Crippen LogP contribution in [-0.4, -0.2) is 70.8 Å². The van der Waals surface area contributed by atoms with Gasteiger partial charge in [-0.2, -0.15) is 0 Å². The first-order chi connectivity index (χ1) is 17.4. The molecule has 0 radical (unpaired) electrons. The summed E-state index contributed by atoms with van der Waals surface area (Å²) < 4.78 is 5.46. The monoisotopic (exact) mass is 510 g/mol. The Hall–Kier alpha value is -3.43. The van der Waals surface area contributed by atoms with Crippen LogP contribution in [-0.2, 0) is 14.3 Å². The van der Waals surface area contributed by atoms with E-state index in [9.17, 15) is 24.0 Å². The highest BCUT2D eigenvalue weighted by Gasteiger charge is 2.55. The first kappa shape index (κ1) is 25.2. The molecule has 4 aliphatic rings. The fourth-order valence-corrected chi connectivity index (χ4v) is 6.03. The summed E-state index contributed by atoms with van der Waals surface area (Å²) in [5, 5.41) is 5.58. The Labute approximate surface area is 216 Å². The van der Waals surface area contributed by atoms with Crippen molar-refractivity contribution in [3.63, 3.8) is 0 Å². The molecule has 1 unspecified atom stereocenters. The summed E-state index contributed by atoms with van der Waals surface area (Å²) in [5.41, 5.74) is 0.818. The molecule has 10 nitrogen and oxygen atoms in total. The van der Waals surface area contributed by atoms with Gasteiger partial charge >= 0.3 is 6.09 Å². The molecule has 198 valence electrons. The summed E-state index contributed by atoms with van der Waals surface area (Å²) in [5.74, 6) is -1.20. The Morgan fingerprint density at radius 3 is 2.51 bits per heavy atom. The van der Waals surface area contributed by atoms with Crippen LogP contribution in [0.25, 0.3) is 0 Å². The highest BCUT2D eigenvalue weighted by molar-refractivity contribution is 6.25. The minimum atomic E-state index is -0.981. The molecule has 0 bridgehead atoms. The summed E-state index contributed by atoms with van der Waals surface area (Å²) in [6.07, 6.45) is 2.06. The fourth-order valence-electron chi connectivity index (χ4n) is 6.03. The zero-order valence-corrected chi connectivity index (χ0v) is 21.8. The van der Waals surface area contributed by atoms with Crippen molar-refractivity contribution in [1.29, 1.82) is 0 Å². The number of nitrogens with zero attached hydrogens (tertiary/aromatic N) is 2. The van der Waals surface area contributed by atoms with Gasteiger partial charge in [0.2, 0.25) is 11.8 Å². The third kappa shape index (κ3) is 4.57. The van der Waals surface area contributed by atoms with E-state index < -0.39 is 35.3 Å². The number of fused-ring (bicyclic) bond motifs is 1. The smallest absolute Gasteiger partial charge is 0.410 e. The average Bonchev–Trinajstić information content (AvgIpc) is 3.00. The molecule has 1 aliphatic carbocycles. The van der Waals surface area contributed by atoms with Crippen LogP contribution >= 0.6 is 0 Å². The molecule has 2 atom stereocenters. The van der Waals surface area contributed by atoms with Gasteiger partial charge in [0.15, 0.2) is 0 Å². The van der Waals surface area contributed by atoms with Gasteiger partial charge in [0.1, 0.15) is 11.6 Å². The number of anilines is 1. The predicted octanol–water partition coefficient (Wildman–Crippen LogP) is 2.78. The Kier molecular flexibility index (Phi) is 6.03. The van der Waals surface area contributed by atoms with Crippen molar-refractivity contribution < 1.29 is 28.7 Å². The standard InChI is InChI=1S/C27H34N4O6/c1-15(16-10-27(11-16)13-30(14-27)25(36)37-26(2,3)4)12-28-18-7-5-6-17-21(18)24(35)31(23(17)34)19-8-9-20(32)29-22(19)33/h5-7,15-16,19,28H,8-14H2,1-4H3,(H,29,32,33)/t15-,19?/m0/s1. The molecule has 1 saturated carbocycles. The van der Waals surface area contributed by atoms with Crippen molar-refractivity contribution in [2.24, 2.45) is 17.3 Å². The van der Waals surface area contributed by atoms with Gasteiger partial charge in [-0.05, 0) is 64.0 Å². The van der Waals surface area contributed by atoms with E-state index in [1.807, 2.05) is 20.8 Å². The number of piperidine rings is 1. The molecule has 5 rings (SSSR count). The summed E-state index contributed by atoms with van der Waals surface area (Å²) in [6, 6.07) is 4.12. The van der Waals surface area contributed by atoms with Crippen molar-refractivity contribution in [2.45, 2.75) is 65.0 Å². The lowest BCUT2D eigenvalue weighted by Gasteiger charge is -2.60. The molecule has 37 heavy (non-hydrogen) atoms. The van der Waals surface area contributed by atoms with Crippen molar-refractivity contribution in [3.8, 4) is 0 Å². The Balaban J connectivity index is 1.17. The van der Waals surface area contributed by atoms with Crippen molar-refractivity contribution in [2.75, 3.05) is 25.0 Å². The number of imide groups is 2. The minimum absolute atomic E-state index is 0.0881. The number of hydrogen-bond acceptors (Lipinski definition) is 7. The van der Waals surface area contributed by atoms with E-state index in [-0.39, 0.29) is 35.5 Å². The van der Waals surface area contributed by atoms with Crippen LogP contribution < -0.4 is 10.6 Å². The molecule has 2 saturated heterocycles. The summed E-state index contributed by atoms with van der Waals surface area (Å²) in [7, 11) is 0. The zero-order valence-electron chi connectivity index (χ0n) is 21.8. The molecule has 3 heterocycles. The second-order valence-electron chi connectivity index (χ2n) is 12.0. The highest BCUT2D eigenvalue weighted by Crippen LogP contribution is 2.54. The minimum Gasteiger partial charge on any atom is -0.444 e. The molecule has 3 aliphatic heterocycles. The first-order valence-corrected chi connectivity index (χ1v) is 12.9. The predicted molar refractivity (Wildman–Crippen MR) is 134 cm³/mol. The normalized spacial score (nSPS) is 23.8.